The second kappa shape index (κ2) is 10.6. The molecule has 2 aromatic carbocycles. The molecule has 0 saturated carbocycles. The summed E-state index contributed by atoms with van der Waals surface area (Å²) in [6.45, 7) is 11.3. The molecule has 178 valence electrons. The van der Waals surface area contributed by atoms with Crippen LogP contribution in [0.1, 0.15) is 64.8 Å². The van der Waals surface area contributed by atoms with Crippen molar-refractivity contribution in [2.24, 2.45) is 0 Å². The molecule has 34 heavy (non-hydrogen) atoms. The molecule has 0 radical (unpaired) electrons. The van der Waals surface area contributed by atoms with Crippen LogP contribution >= 0.6 is 11.6 Å². The number of rotatable bonds is 6. The zero-order chi connectivity index (χ0) is 24.2. The predicted octanol–water partition coefficient (Wildman–Crippen LogP) is 5.81. The van der Waals surface area contributed by atoms with E-state index in [-0.39, 0.29) is 5.91 Å². The molecule has 5 nitrogen and oxygen atoms in total. The minimum absolute atomic E-state index is 0.00982. The minimum Gasteiger partial charge on any atom is -0.353 e. The molecule has 1 aliphatic heterocycles. The number of hydrogen-bond acceptors (Lipinski definition) is 4. The number of carbonyl (C=O) groups excluding carboxylic acids is 1. The van der Waals surface area contributed by atoms with Crippen molar-refractivity contribution in [3.8, 4) is 0 Å². The van der Waals surface area contributed by atoms with E-state index < -0.39 is 0 Å². The Morgan fingerprint density at radius 1 is 1.03 bits per heavy atom. The highest BCUT2D eigenvalue weighted by Gasteiger charge is 2.27. The molecule has 0 spiro atoms. The third-order valence-electron chi connectivity index (χ3n) is 6.70. The molecule has 1 fully saturated rings. The fraction of sp³-hybridized carbons (Fsp3) is 0.393. The maximum Gasteiger partial charge on any atom is 0.255 e. The molecule has 1 atom stereocenters. The number of nitrogens with zero attached hydrogens (tertiary/aromatic N) is 4. The van der Waals surface area contributed by atoms with E-state index in [0.717, 1.165) is 43.3 Å². The van der Waals surface area contributed by atoms with E-state index in [1.807, 2.05) is 17.0 Å². The number of hydrogen-bond donors (Lipinski definition) is 0. The average molecular weight is 477 g/mol. The normalized spacial score (nSPS) is 14.9. The lowest BCUT2D eigenvalue weighted by atomic mass is 10.0. The van der Waals surface area contributed by atoms with Crippen LogP contribution in [0.2, 0.25) is 5.02 Å². The molecule has 1 amide bonds. The predicted molar refractivity (Wildman–Crippen MR) is 139 cm³/mol. The van der Waals surface area contributed by atoms with Gasteiger partial charge in [0.05, 0.1) is 10.6 Å². The first-order valence-corrected chi connectivity index (χ1v) is 12.5. The SMILES string of the molecule is CCC(C)c1nc(C)c(Cc2cccc(C)c2)c(N2CCN(C(=O)c3ccccc3Cl)CC2)n1. The van der Waals surface area contributed by atoms with Gasteiger partial charge < -0.3 is 9.80 Å². The Morgan fingerprint density at radius 3 is 2.44 bits per heavy atom. The second-order valence-electron chi connectivity index (χ2n) is 9.20. The molecule has 1 unspecified atom stereocenters. The van der Waals surface area contributed by atoms with Gasteiger partial charge in [0.2, 0.25) is 0 Å². The van der Waals surface area contributed by atoms with Crippen molar-refractivity contribution in [3.05, 3.63) is 87.3 Å². The highest BCUT2D eigenvalue weighted by atomic mass is 35.5. The van der Waals surface area contributed by atoms with Crippen LogP contribution < -0.4 is 4.90 Å². The summed E-state index contributed by atoms with van der Waals surface area (Å²) in [7, 11) is 0. The van der Waals surface area contributed by atoms with Gasteiger partial charge in [0.25, 0.3) is 5.91 Å². The first kappa shape index (κ1) is 24.2. The summed E-state index contributed by atoms with van der Waals surface area (Å²) in [5, 5.41) is 0.500. The number of carbonyl (C=O) groups is 1. The summed E-state index contributed by atoms with van der Waals surface area (Å²) >= 11 is 6.28. The third kappa shape index (κ3) is 5.25. The Bertz CT molecular complexity index is 1170. The van der Waals surface area contributed by atoms with E-state index in [1.165, 1.54) is 16.7 Å². The number of piperazine rings is 1. The van der Waals surface area contributed by atoms with Crippen molar-refractivity contribution >= 4 is 23.3 Å². The van der Waals surface area contributed by atoms with Crippen LogP contribution in [0.3, 0.4) is 0 Å². The molecule has 6 heteroatoms. The smallest absolute Gasteiger partial charge is 0.255 e. The van der Waals surface area contributed by atoms with Crippen molar-refractivity contribution in [3.63, 3.8) is 0 Å². The Labute approximate surface area is 207 Å². The average Bonchev–Trinajstić information content (AvgIpc) is 2.84. The molecular weight excluding hydrogens is 444 g/mol. The molecular formula is C28H33ClN4O. The molecule has 1 aromatic heterocycles. The first-order chi connectivity index (χ1) is 16.4. The molecule has 0 bridgehead atoms. The molecule has 3 aromatic rings. The molecule has 2 heterocycles. The maximum absolute atomic E-state index is 13.0. The highest BCUT2D eigenvalue weighted by molar-refractivity contribution is 6.33. The lowest BCUT2D eigenvalue weighted by Gasteiger charge is -2.37. The summed E-state index contributed by atoms with van der Waals surface area (Å²) in [5.41, 5.74) is 5.28. The molecule has 1 aliphatic rings. The number of anilines is 1. The molecule has 0 N–H and O–H groups in total. The second-order valence-corrected chi connectivity index (χ2v) is 9.61. The van der Waals surface area contributed by atoms with Crippen molar-refractivity contribution < 1.29 is 4.79 Å². The Balaban J connectivity index is 1.60. The molecule has 0 aliphatic carbocycles. The van der Waals surface area contributed by atoms with Gasteiger partial charge in [0, 0.05) is 49.8 Å². The number of halogens is 1. The van der Waals surface area contributed by atoms with Crippen LogP contribution in [0.4, 0.5) is 5.82 Å². The zero-order valence-electron chi connectivity index (χ0n) is 20.5. The standard InChI is InChI=1S/C28H33ClN4O/c1-5-20(3)26-30-21(4)24(18-22-10-8-9-19(2)17-22)27(31-26)32-13-15-33(16-14-32)28(34)23-11-6-7-12-25(23)29/h6-12,17,20H,5,13-16,18H2,1-4H3. The van der Waals surface area contributed by atoms with Gasteiger partial charge in [0.1, 0.15) is 11.6 Å². The molecule has 1 saturated heterocycles. The van der Waals surface area contributed by atoms with Crippen LogP contribution in [0, 0.1) is 13.8 Å². The van der Waals surface area contributed by atoms with Crippen LogP contribution in [-0.4, -0.2) is 47.0 Å². The fourth-order valence-electron chi connectivity index (χ4n) is 4.43. The minimum atomic E-state index is -0.00982. The summed E-state index contributed by atoms with van der Waals surface area (Å²) < 4.78 is 0. The van der Waals surface area contributed by atoms with Gasteiger partial charge in [-0.25, -0.2) is 9.97 Å². The summed E-state index contributed by atoms with van der Waals surface area (Å²) in [6.07, 6.45) is 1.79. The summed E-state index contributed by atoms with van der Waals surface area (Å²) in [5.74, 6) is 2.20. The van der Waals surface area contributed by atoms with E-state index in [4.69, 9.17) is 21.6 Å². The van der Waals surface area contributed by atoms with Crippen molar-refractivity contribution in [2.45, 2.75) is 46.5 Å². The van der Waals surface area contributed by atoms with E-state index >= 15 is 0 Å². The van der Waals surface area contributed by atoms with Crippen molar-refractivity contribution in [1.29, 1.82) is 0 Å². The number of aryl methyl sites for hydroxylation is 2. The Hall–Kier alpha value is -2.92. The van der Waals surface area contributed by atoms with Crippen molar-refractivity contribution in [2.75, 3.05) is 31.1 Å². The quantitative estimate of drug-likeness (QED) is 0.450. The van der Waals surface area contributed by atoms with Crippen LogP contribution in [0.25, 0.3) is 0 Å². The van der Waals surface area contributed by atoms with Crippen LogP contribution in [0.15, 0.2) is 48.5 Å². The van der Waals surface area contributed by atoms with E-state index in [2.05, 4.69) is 56.9 Å². The number of aromatic nitrogens is 2. The van der Waals surface area contributed by atoms with Gasteiger partial charge in [-0.3, -0.25) is 4.79 Å². The van der Waals surface area contributed by atoms with Gasteiger partial charge >= 0.3 is 0 Å². The third-order valence-corrected chi connectivity index (χ3v) is 7.03. The van der Waals surface area contributed by atoms with Gasteiger partial charge in [-0.1, -0.05) is 67.4 Å². The van der Waals surface area contributed by atoms with Gasteiger partial charge in [-0.05, 0) is 38.0 Å². The van der Waals surface area contributed by atoms with Crippen LogP contribution in [-0.2, 0) is 6.42 Å². The number of benzene rings is 2. The van der Waals surface area contributed by atoms with Gasteiger partial charge in [-0.15, -0.1) is 0 Å². The first-order valence-electron chi connectivity index (χ1n) is 12.1. The van der Waals surface area contributed by atoms with Crippen LogP contribution in [0.5, 0.6) is 0 Å². The fourth-order valence-corrected chi connectivity index (χ4v) is 4.64. The summed E-state index contributed by atoms with van der Waals surface area (Å²) in [6, 6.07) is 15.9. The monoisotopic (exact) mass is 476 g/mol. The molecule has 4 rings (SSSR count). The zero-order valence-corrected chi connectivity index (χ0v) is 21.3. The number of amides is 1. The lowest BCUT2D eigenvalue weighted by molar-refractivity contribution is 0.0746. The van der Waals surface area contributed by atoms with E-state index in [0.29, 0.717) is 29.6 Å². The lowest BCUT2D eigenvalue weighted by Crippen LogP contribution is -2.49. The largest absolute Gasteiger partial charge is 0.353 e. The van der Waals surface area contributed by atoms with E-state index in [9.17, 15) is 4.79 Å². The van der Waals surface area contributed by atoms with Gasteiger partial charge in [-0.2, -0.15) is 0 Å². The highest BCUT2D eigenvalue weighted by Crippen LogP contribution is 2.28. The summed E-state index contributed by atoms with van der Waals surface area (Å²) in [4.78, 5) is 27.2. The Kier molecular flexibility index (Phi) is 7.52. The van der Waals surface area contributed by atoms with E-state index in [1.54, 1.807) is 12.1 Å². The topological polar surface area (TPSA) is 49.3 Å². The maximum atomic E-state index is 13.0. The van der Waals surface area contributed by atoms with Gasteiger partial charge in [0.15, 0.2) is 0 Å². The Morgan fingerprint density at radius 2 is 1.76 bits per heavy atom. The van der Waals surface area contributed by atoms with Crippen molar-refractivity contribution in [1.82, 2.24) is 14.9 Å².